The van der Waals surface area contributed by atoms with Crippen molar-refractivity contribution in [3.8, 4) is 0 Å². The van der Waals surface area contributed by atoms with Gasteiger partial charge in [0, 0.05) is 34.4 Å². The number of pyridine rings is 1. The van der Waals surface area contributed by atoms with E-state index in [1.807, 2.05) is 24.3 Å². The molecule has 5 nitrogen and oxygen atoms in total. The Labute approximate surface area is 154 Å². The molecule has 24 heavy (non-hydrogen) atoms. The number of ketones is 1. The third-order valence-corrected chi connectivity index (χ3v) is 4.34. The van der Waals surface area contributed by atoms with Gasteiger partial charge in [-0.3, -0.25) is 9.59 Å². The molecule has 0 saturated carbocycles. The number of ether oxygens (including phenoxy) is 1. The van der Waals surface area contributed by atoms with Gasteiger partial charge in [0.15, 0.2) is 5.78 Å². The molecule has 2 rings (SSSR count). The van der Waals surface area contributed by atoms with Gasteiger partial charge in [-0.25, -0.2) is 0 Å². The summed E-state index contributed by atoms with van der Waals surface area (Å²) in [5.74, 6) is -0.202. The molecular weight excluding hydrogens is 421 g/mol. The molecule has 1 aromatic carbocycles. The number of hydrogen-bond acceptors (Lipinski definition) is 4. The fourth-order valence-corrected chi connectivity index (χ4v) is 2.70. The van der Waals surface area contributed by atoms with Crippen molar-refractivity contribution in [3.05, 3.63) is 67.1 Å². The molecule has 1 N–H and O–H groups in total. The SMILES string of the molecule is C[C@H](O)COCC(=O)c1ccc(=O)n(C)c1Cc1ccc(I)cc1. The Morgan fingerprint density at radius 2 is 1.92 bits per heavy atom. The van der Waals surface area contributed by atoms with E-state index in [1.165, 1.54) is 10.6 Å². The second-order valence-electron chi connectivity index (χ2n) is 5.68. The molecule has 0 unspecified atom stereocenters. The lowest BCUT2D eigenvalue weighted by Crippen LogP contribution is -2.25. The first-order valence-corrected chi connectivity index (χ1v) is 8.68. The highest BCUT2D eigenvalue weighted by Gasteiger charge is 2.16. The molecule has 0 amide bonds. The minimum absolute atomic E-state index is 0.101. The zero-order chi connectivity index (χ0) is 17.7. The summed E-state index contributed by atoms with van der Waals surface area (Å²) in [4.78, 5) is 24.4. The lowest BCUT2D eigenvalue weighted by Gasteiger charge is -2.14. The molecular formula is C18H20INO4. The van der Waals surface area contributed by atoms with Gasteiger partial charge in [-0.15, -0.1) is 0 Å². The molecule has 0 bridgehead atoms. The van der Waals surface area contributed by atoms with Crippen LogP contribution in [0.4, 0.5) is 0 Å². The Hall–Kier alpha value is -1.51. The van der Waals surface area contributed by atoms with Gasteiger partial charge in [-0.1, -0.05) is 12.1 Å². The molecule has 0 aliphatic heterocycles. The van der Waals surface area contributed by atoms with E-state index in [9.17, 15) is 14.7 Å². The highest BCUT2D eigenvalue weighted by molar-refractivity contribution is 14.1. The summed E-state index contributed by atoms with van der Waals surface area (Å²) in [6.07, 6.45) is -0.134. The lowest BCUT2D eigenvalue weighted by molar-refractivity contribution is 0.0424. The number of aliphatic hydroxyl groups excluding tert-OH is 1. The summed E-state index contributed by atoms with van der Waals surface area (Å²) in [5.41, 5.74) is 2.00. The number of rotatable bonds is 7. The highest BCUT2D eigenvalue weighted by atomic mass is 127. The number of hydrogen-bond donors (Lipinski definition) is 1. The molecule has 1 aromatic heterocycles. The Morgan fingerprint density at radius 3 is 2.54 bits per heavy atom. The van der Waals surface area contributed by atoms with Crippen molar-refractivity contribution in [2.45, 2.75) is 19.4 Å². The van der Waals surface area contributed by atoms with E-state index < -0.39 is 6.10 Å². The number of halogens is 1. The first kappa shape index (κ1) is 18.8. The second-order valence-corrected chi connectivity index (χ2v) is 6.93. The smallest absolute Gasteiger partial charge is 0.250 e. The Kier molecular flexibility index (Phi) is 6.70. The van der Waals surface area contributed by atoms with E-state index in [1.54, 1.807) is 20.0 Å². The van der Waals surface area contributed by atoms with E-state index in [4.69, 9.17) is 4.74 Å². The van der Waals surface area contributed by atoms with Crippen LogP contribution in [0.1, 0.15) is 28.5 Å². The Bertz CT molecular complexity index is 766. The predicted octanol–water partition coefficient (Wildman–Crippen LogP) is 2.16. The number of aromatic nitrogens is 1. The molecule has 2 aromatic rings. The van der Waals surface area contributed by atoms with Crippen molar-refractivity contribution in [3.63, 3.8) is 0 Å². The molecule has 0 saturated heterocycles. The van der Waals surface area contributed by atoms with Gasteiger partial charge < -0.3 is 14.4 Å². The van der Waals surface area contributed by atoms with Crippen LogP contribution in [0.25, 0.3) is 0 Å². The minimum atomic E-state index is -0.621. The molecule has 128 valence electrons. The third-order valence-electron chi connectivity index (χ3n) is 3.62. The summed E-state index contributed by atoms with van der Waals surface area (Å²) in [6, 6.07) is 10.9. The number of aliphatic hydroxyl groups is 1. The summed E-state index contributed by atoms with van der Waals surface area (Å²) in [7, 11) is 1.66. The zero-order valence-corrected chi connectivity index (χ0v) is 15.8. The van der Waals surface area contributed by atoms with Crippen LogP contribution in [0.15, 0.2) is 41.2 Å². The van der Waals surface area contributed by atoms with Crippen LogP contribution in [0.5, 0.6) is 0 Å². The monoisotopic (exact) mass is 441 g/mol. The first-order chi connectivity index (χ1) is 11.4. The van der Waals surface area contributed by atoms with Gasteiger partial charge in [0.1, 0.15) is 6.61 Å². The molecule has 0 fully saturated rings. The van der Waals surface area contributed by atoms with Crippen molar-refractivity contribution < 1.29 is 14.6 Å². The van der Waals surface area contributed by atoms with Crippen LogP contribution in [0, 0.1) is 3.57 Å². The van der Waals surface area contributed by atoms with Crippen LogP contribution in [0.2, 0.25) is 0 Å². The maximum atomic E-state index is 12.4. The third kappa shape index (κ3) is 4.99. The van der Waals surface area contributed by atoms with Crippen molar-refractivity contribution in [2.24, 2.45) is 7.05 Å². The van der Waals surface area contributed by atoms with Gasteiger partial charge in [0.05, 0.1) is 12.7 Å². The fraction of sp³-hybridized carbons (Fsp3) is 0.333. The topological polar surface area (TPSA) is 68.5 Å². The van der Waals surface area contributed by atoms with Crippen molar-refractivity contribution >= 4 is 28.4 Å². The van der Waals surface area contributed by atoms with Crippen molar-refractivity contribution in [2.75, 3.05) is 13.2 Å². The van der Waals surface area contributed by atoms with Crippen LogP contribution in [0.3, 0.4) is 0 Å². The summed E-state index contributed by atoms with van der Waals surface area (Å²) < 4.78 is 7.84. The molecule has 0 spiro atoms. The van der Waals surface area contributed by atoms with Crippen molar-refractivity contribution in [1.82, 2.24) is 4.57 Å². The maximum absolute atomic E-state index is 12.4. The number of nitrogens with zero attached hydrogens (tertiary/aromatic N) is 1. The quantitative estimate of drug-likeness (QED) is 0.529. The minimum Gasteiger partial charge on any atom is -0.391 e. The van der Waals surface area contributed by atoms with E-state index in [0.717, 1.165) is 9.13 Å². The summed E-state index contributed by atoms with van der Waals surface area (Å²) in [6.45, 7) is 1.58. The second kappa shape index (κ2) is 8.55. The van der Waals surface area contributed by atoms with Crippen LogP contribution >= 0.6 is 22.6 Å². The number of carbonyl (C=O) groups is 1. The maximum Gasteiger partial charge on any atom is 0.250 e. The fourth-order valence-electron chi connectivity index (χ4n) is 2.34. The number of carbonyl (C=O) groups excluding carboxylic acids is 1. The highest BCUT2D eigenvalue weighted by Crippen LogP contribution is 2.15. The molecule has 1 heterocycles. The predicted molar refractivity (Wildman–Crippen MR) is 100 cm³/mol. The number of Topliss-reactive ketones (excluding diaryl/α,β-unsaturated/α-hetero) is 1. The first-order valence-electron chi connectivity index (χ1n) is 7.61. The molecule has 6 heteroatoms. The van der Waals surface area contributed by atoms with Gasteiger partial charge in [0.2, 0.25) is 0 Å². The van der Waals surface area contributed by atoms with Gasteiger partial charge in [-0.2, -0.15) is 0 Å². The molecule has 0 aliphatic carbocycles. The standard InChI is InChI=1S/C18H20INO4/c1-12(21)10-24-11-17(22)15-7-8-18(23)20(2)16(15)9-13-3-5-14(19)6-4-13/h3-8,12,21H,9-11H2,1-2H3/t12-/m0/s1. The summed E-state index contributed by atoms with van der Waals surface area (Å²) >= 11 is 2.23. The number of benzene rings is 1. The van der Waals surface area contributed by atoms with E-state index >= 15 is 0 Å². The molecule has 0 radical (unpaired) electrons. The van der Waals surface area contributed by atoms with Crippen molar-refractivity contribution in [1.29, 1.82) is 0 Å². The Balaban J connectivity index is 2.28. The van der Waals surface area contributed by atoms with Crippen LogP contribution in [-0.2, 0) is 18.2 Å². The van der Waals surface area contributed by atoms with Gasteiger partial charge in [0.25, 0.3) is 5.56 Å². The average molecular weight is 441 g/mol. The zero-order valence-electron chi connectivity index (χ0n) is 13.7. The molecule has 1 atom stereocenters. The van der Waals surface area contributed by atoms with E-state index in [0.29, 0.717) is 17.7 Å². The van der Waals surface area contributed by atoms with Gasteiger partial charge >= 0.3 is 0 Å². The largest absolute Gasteiger partial charge is 0.391 e. The van der Waals surface area contributed by atoms with E-state index in [-0.39, 0.29) is 24.6 Å². The van der Waals surface area contributed by atoms with E-state index in [2.05, 4.69) is 22.6 Å². The van der Waals surface area contributed by atoms with Crippen LogP contribution < -0.4 is 5.56 Å². The normalized spacial score (nSPS) is 12.2. The molecule has 0 aliphatic rings. The lowest BCUT2D eigenvalue weighted by atomic mass is 10.0. The Morgan fingerprint density at radius 1 is 1.25 bits per heavy atom. The summed E-state index contributed by atoms with van der Waals surface area (Å²) in [5, 5.41) is 9.21. The van der Waals surface area contributed by atoms with Crippen LogP contribution in [-0.4, -0.2) is 34.8 Å². The average Bonchev–Trinajstić information content (AvgIpc) is 2.53. The van der Waals surface area contributed by atoms with Gasteiger partial charge in [-0.05, 0) is 53.3 Å².